The molecular formula is C20H16ClN9OS. The Kier molecular flexibility index (Phi) is 5.04. The van der Waals surface area contributed by atoms with Crippen LogP contribution in [0.3, 0.4) is 0 Å². The van der Waals surface area contributed by atoms with Crippen molar-refractivity contribution in [3.05, 3.63) is 59.1 Å². The summed E-state index contributed by atoms with van der Waals surface area (Å²) in [6, 6.07) is 8.95. The first-order chi connectivity index (χ1) is 15.5. The van der Waals surface area contributed by atoms with Crippen LogP contribution in [0.15, 0.2) is 42.7 Å². The van der Waals surface area contributed by atoms with E-state index in [2.05, 4.69) is 40.3 Å². The van der Waals surface area contributed by atoms with Crippen LogP contribution < -0.4 is 10.6 Å². The van der Waals surface area contributed by atoms with Crippen LogP contribution in [0.1, 0.15) is 16.2 Å². The number of carbonyl (C=O) groups excluding carboxylic acids is 1. The van der Waals surface area contributed by atoms with Gasteiger partial charge >= 0.3 is 0 Å². The number of aromatic amines is 1. The molecule has 4 aromatic heterocycles. The fraction of sp³-hybridized carbons (Fsp3) is 0.100. The van der Waals surface area contributed by atoms with Crippen molar-refractivity contribution in [1.82, 2.24) is 34.3 Å². The zero-order valence-electron chi connectivity index (χ0n) is 16.9. The largest absolute Gasteiger partial charge is 0.329 e. The average Bonchev–Trinajstić information content (AvgIpc) is 3.50. The van der Waals surface area contributed by atoms with Crippen LogP contribution in [0.2, 0.25) is 5.02 Å². The van der Waals surface area contributed by atoms with E-state index >= 15 is 0 Å². The van der Waals surface area contributed by atoms with Crippen molar-refractivity contribution >= 4 is 56.6 Å². The Balaban J connectivity index is 1.35. The first-order valence-corrected chi connectivity index (χ1v) is 10.6. The topological polar surface area (TPSA) is 126 Å². The van der Waals surface area contributed by atoms with Gasteiger partial charge in [0.05, 0.1) is 28.1 Å². The molecule has 0 saturated carbocycles. The van der Waals surface area contributed by atoms with E-state index in [1.165, 1.54) is 16.2 Å². The van der Waals surface area contributed by atoms with Crippen molar-refractivity contribution in [2.45, 2.75) is 6.92 Å². The van der Waals surface area contributed by atoms with E-state index in [0.717, 1.165) is 22.2 Å². The van der Waals surface area contributed by atoms with Crippen molar-refractivity contribution in [2.75, 3.05) is 10.6 Å². The van der Waals surface area contributed by atoms with Gasteiger partial charge in [0.2, 0.25) is 5.13 Å². The zero-order chi connectivity index (χ0) is 22.2. The number of aryl methyl sites for hydroxylation is 2. The molecule has 1 aromatic carbocycles. The maximum Gasteiger partial charge on any atom is 0.275 e. The number of pyridine rings is 1. The third kappa shape index (κ3) is 3.79. The van der Waals surface area contributed by atoms with Crippen LogP contribution in [0.5, 0.6) is 0 Å². The van der Waals surface area contributed by atoms with Crippen LogP contribution in [0, 0.1) is 6.92 Å². The lowest BCUT2D eigenvalue weighted by molar-refractivity contribution is 0.101. The summed E-state index contributed by atoms with van der Waals surface area (Å²) in [7, 11) is 1.72. The SMILES string of the molecule is Cc1cc(C(=O)Nc2cc(-c3nsc(Nc4ccc5[nH]ncc5c4Cl)n3)ccn2)n(C)n1. The van der Waals surface area contributed by atoms with Crippen LogP contribution >= 0.6 is 23.1 Å². The minimum Gasteiger partial charge on any atom is -0.329 e. The van der Waals surface area contributed by atoms with Crippen molar-refractivity contribution < 1.29 is 4.79 Å². The number of anilines is 3. The van der Waals surface area contributed by atoms with Gasteiger partial charge in [0.15, 0.2) is 5.82 Å². The predicted octanol–water partition coefficient (Wildman–Crippen LogP) is 4.17. The highest BCUT2D eigenvalue weighted by molar-refractivity contribution is 7.10. The van der Waals surface area contributed by atoms with E-state index in [1.54, 1.807) is 37.6 Å². The molecule has 5 rings (SSSR count). The second-order valence-corrected chi connectivity index (χ2v) is 8.11. The Bertz CT molecular complexity index is 1450. The summed E-state index contributed by atoms with van der Waals surface area (Å²) >= 11 is 7.67. The molecule has 0 aliphatic rings. The summed E-state index contributed by atoms with van der Waals surface area (Å²) in [5, 5.41) is 19.0. The minimum absolute atomic E-state index is 0.296. The third-order valence-electron chi connectivity index (χ3n) is 4.72. The molecule has 1 amide bonds. The van der Waals surface area contributed by atoms with Gasteiger partial charge in [0.1, 0.15) is 11.5 Å². The number of aromatic nitrogens is 7. The van der Waals surface area contributed by atoms with Crippen molar-refractivity contribution in [3.63, 3.8) is 0 Å². The third-order valence-corrected chi connectivity index (χ3v) is 5.76. The maximum absolute atomic E-state index is 12.5. The number of hydrogen-bond donors (Lipinski definition) is 3. The molecule has 12 heteroatoms. The molecule has 3 N–H and O–H groups in total. The van der Waals surface area contributed by atoms with Crippen LogP contribution in [0.4, 0.5) is 16.6 Å². The summed E-state index contributed by atoms with van der Waals surface area (Å²) in [4.78, 5) is 21.3. The number of fused-ring (bicyclic) bond motifs is 1. The molecule has 0 spiro atoms. The first kappa shape index (κ1) is 20.1. The Morgan fingerprint density at radius 3 is 2.94 bits per heavy atom. The van der Waals surface area contributed by atoms with Gasteiger partial charge in [0.25, 0.3) is 5.91 Å². The molecule has 0 saturated heterocycles. The van der Waals surface area contributed by atoms with Gasteiger partial charge < -0.3 is 10.6 Å². The second-order valence-electron chi connectivity index (χ2n) is 6.98. The normalized spacial score (nSPS) is 11.1. The number of halogens is 1. The molecule has 5 aromatic rings. The lowest BCUT2D eigenvalue weighted by Gasteiger charge is -2.06. The van der Waals surface area contributed by atoms with E-state index in [4.69, 9.17) is 11.6 Å². The number of hydrogen-bond acceptors (Lipinski definition) is 8. The predicted molar refractivity (Wildman–Crippen MR) is 123 cm³/mol. The highest BCUT2D eigenvalue weighted by Gasteiger charge is 2.15. The molecule has 0 unspecified atom stereocenters. The number of carbonyl (C=O) groups is 1. The number of amides is 1. The van der Waals surface area contributed by atoms with E-state index < -0.39 is 0 Å². The van der Waals surface area contributed by atoms with Gasteiger partial charge in [-0.25, -0.2) is 4.98 Å². The minimum atomic E-state index is -0.296. The quantitative estimate of drug-likeness (QED) is 0.355. The Labute approximate surface area is 190 Å². The molecule has 32 heavy (non-hydrogen) atoms. The molecular weight excluding hydrogens is 450 g/mol. The average molecular weight is 466 g/mol. The summed E-state index contributed by atoms with van der Waals surface area (Å²) in [5.41, 5.74) is 3.48. The summed E-state index contributed by atoms with van der Waals surface area (Å²) in [5.74, 6) is 0.604. The molecule has 0 aliphatic heterocycles. The molecule has 10 nitrogen and oxygen atoms in total. The lowest BCUT2D eigenvalue weighted by Crippen LogP contribution is -2.16. The van der Waals surface area contributed by atoms with E-state index in [1.807, 2.05) is 19.1 Å². The van der Waals surface area contributed by atoms with Gasteiger partial charge in [-0.1, -0.05) is 11.6 Å². The number of nitrogens with zero attached hydrogens (tertiary/aromatic N) is 6. The number of rotatable bonds is 5. The molecule has 0 aliphatic carbocycles. The van der Waals surface area contributed by atoms with Crippen molar-refractivity contribution in [3.8, 4) is 11.4 Å². The Morgan fingerprint density at radius 1 is 1.25 bits per heavy atom. The molecule has 0 atom stereocenters. The van der Waals surface area contributed by atoms with E-state index in [9.17, 15) is 4.79 Å². The second kappa shape index (κ2) is 8.02. The Hall–Kier alpha value is -3.83. The highest BCUT2D eigenvalue weighted by atomic mass is 35.5. The maximum atomic E-state index is 12.5. The smallest absolute Gasteiger partial charge is 0.275 e. The summed E-state index contributed by atoms with van der Waals surface area (Å²) < 4.78 is 5.94. The van der Waals surface area contributed by atoms with Gasteiger partial charge in [-0.15, -0.1) is 0 Å². The monoisotopic (exact) mass is 465 g/mol. The number of H-pyrrole nitrogens is 1. The molecule has 0 bridgehead atoms. The van der Waals surface area contributed by atoms with Crippen molar-refractivity contribution in [2.24, 2.45) is 7.05 Å². The molecule has 0 fully saturated rings. The summed E-state index contributed by atoms with van der Waals surface area (Å²) in [6.07, 6.45) is 3.27. The lowest BCUT2D eigenvalue weighted by atomic mass is 10.2. The van der Waals surface area contributed by atoms with E-state index in [0.29, 0.717) is 33.2 Å². The molecule has 4 heterocycles. The zero-order valence-corrected chi connectivity index (χ0v) is 18.5. The standard InChI is InChI=1S/C20H16ClN9OS/c1-10-7-15(30(2)28-10)19(31)25-16-8-11(5-6-22-16)18-26-20(32-29-18)24-14-4-3-13-12(17(14)21)9-23-27-13/h3-9H,1-2H3,(H,23,27)(H,22,25,31)(H,24,26,29). The fourth-order valence-corrected chi connectivity index (χ4v) is 4.09. The fourth-order valence-electron chi connectivity index (χ4n) is 3.23. The van der Waals surface area contributed by atoms with Crippen LogP contribution in [-0.4, -0.2) is 40.2 Å². The van der Waals surface area contributed by atoms with Gasteiger partial charge in [-0.05, 0) is 37.3 Å². The van der Waals surface area contributed by atoms with Crippen molar-refractivity contribution in [1.29, 1.82) is 0 Å². The highest BCUT2D eigenvalue weighted by Crippen LogP contribution is 2.33. The number of nitrogens with one attached hydrogen (secondary N) is 3. The van der Waals surface area contributed by atoms with Crippen LogP contribution in [0.25, 0.3) is 22.3 Å². The molecule has 0 radical (unpaired) electrons. The first-order valence-electron chi connectivity index (χ1n) is 9.48. The number of benzene rings is 1. The van der Waals surface area contributed by atoms with E-state index in [-0.39, 0.29) is 5.91 Å². The van der Waals surface area contributed by atoms with Gasteiger partial charge in [0, 0.05) is 35.7 Å². The van der Waals surface area contributed by atoms with Crippen LogP contribution in [-0.2, 0) is 7.05 Å². The summed E-state index contributed by atoms with van der Waals surface area (Å²) in [6.45, 7) is 1.83. The molecule has 160 valence electrons. The Morgan fingerprint density at radius 2 is 2.12 bits per heavy atom. The van der Waals surface area contributed by atoms with Gasteiger partial charge in [-0.3, -0.25) is 14.6 Å². The van der Waals surface area contributed by atoms with Gasteiger partial charge in [-0.2, -0.15) is 19.6 Å².